The number of aliphatic carboxylic acids is 2. The van der Waals surface area contributed by atoms with Crippen LogP contribution in [0.2, 0.25) is 0 Å². The standard InChI is InChI=1S/C60H76N4O22.2OS/c1-14-35-27(3)33-18-34(35)20-39-30(6)45-50(64-39)46(47(51(45)68)55(70)71)49-37(29(5)41(63-49)21-40-28(4)36(15-2)42(19-33)62-40)16-17-44(67)80-54-52(69)60(26-77-13,84-86-75)59(11,56(72)73)83-58(54,10)24-78-22-38-48(61-31(7)65)43(23-76-12)81-57(9,25-79-32(8)66)53(38)82-85-74;2*1-2/h15,19-21,29,37-38,43,47-48,52-54,68-69,74-75H,2,14,16-18,22-26H2,1,3-13H3,(H,61,65)(H,70,71)(H,72,73);;/p-3/t29?,37?,38-,43-,47?,48?,52-,53+,54?,57?,58-,59?,60+;;/m0../s1. The van der Waals surface area contributed by atoms with E-state index in [4.69, 9.17) is 66.3 Å². The van der Waals surface area contributed by atoms with Crippen molar-refractivity contribution in [1.82, 2.24) is 5.32 Å². The number of nitrogens with one attached hydrogen (secondary N) is 1. The average Bonchev–Trinajstić information content (AvgIpc) is 0.842. The highest BCUT2D eigenvalue weighted by Gasteiger charge is 2.70. The van der Waals surface area contributed by atoms with Gasteiger partial charge in [-0.1, -0.05) is 26.5 Å². The molecule has 6 aliphatic heterocycles. The minimum Gasteiger partial charge on any atom is -0.692 e. The van der Waals surface area contributed by atoms with Crippen molar-refractivity contribution in [2.45, 2.75) is 148 Å². The predicted molar refractivity (Wildman–Crippen MR) is 311 cm³/mol. The number of carbonyl (C=O) groups excluding carboxylic acids is 4. The number of fused-ring (bicyclic) bond motifs is 5. The number of ether oxygens (including phenoxy) is 7. The normalized spacial score (nSPS) is 31.7. The molecular formula is C60H73N4O24S2-3. The van der Waals surface area contributed by atoms with Gasteiger partial charge in [0, 0.05) is 74.7 Å². The van der Waals surface area contributed by atoms with Gasteiger partial charge >= 0.3 is 17.9 Å². The second-order valence-electron chi connectivity index (χ2n) is 23.3. The van der Waals surface area contributed by atoms with E-state index in [0.717, 1.165) is 54.4 Å². The third kappa shape index (κ3) is 13.5. The number of carboxylic acid groups (broad SMARTS) is 2. The third-order valence-electron chi connectivity index (χ3n) is 17.8. The summed E-state index contributed by atoms with van der Waals surface area (Å²) in [5, 5.41) is 83.0. The topological polar surface area (TPSA) is 400 Å². The number of hydrogen-bond acceptors (Lipinski definition) is 28. The van der Waals surface area contributed by atoms with Gasteiger partial charge in [0.2, 0.25) is 5.91 Å². The molecule has 2 saturated heterocycles. The molecular weight excluding hydrogens is 1220 g/mol. The molecule has 90 heavy (non-hydrogen) atoms. The van der Waals surface area contributed by atoms with Crippen molar-refractivity contribution in [3.8, 4) is 0 Å². The van der Waals surface area contributed by atoms with Crippen LogP contribution in [0.3, 0.4) is 0 Å². The van der Waals surface area contributed by atoms with E-state index in [2.05, 4.69) is 67.0 Å². The number of carboxylic acids is 2. The quantitative estimate of drug-likeness (QED) is 0.0638. The lowest BCUT2D eigenvalue weighted by Gasteiger charge is -2.59. The number of rotatable bonds is 23. The molecule has 0 spiro atoms. The minimum absolute atomic E-state index is 0.119. The van der Waals surface area contributed by atoms with Crippen molar-refractivity contribution in [2.75, 3.05) is 47.3 Å². The van der Waals surface area contributed by atoms with Gasteiger partial charge in [-0.15, -0.1) is 0 Å². The molecule has 1 amide bonds. The number of nitrogens with zero attached hydrogens (tertiary/aromatic N) is 3. The number of esters is 2. The predicted octanol–water partition coefficient (Wildman–Crippen LogP) is 1.42. The Hall–Kier alpha value is -6.62. The number of methoxy groups -OCH3 is 2. The zero-order valence-corrected chi connectivity index (χ0v) is 53.3. The number of aliphatic hydroxyl groups excluding tert-OH is 2. The van der Waals surface area contributed by atoms with Crippen molar-refractivity contribution in [3.05, 3.63) is 104 Å². The molecule has 8 aliphatic rings. The Labute approximate surface area is 529 Å². The summed E-state index contributed by atoms with van der Waals surface area (Å²) in [6.07, 6.45) is 1.22. The van der Waals surface area contributed by atoms with Crippen LogP contribution in [0.1, 0.15) is 94.9 Å². The Kier molecular flexibility index (Phi) is 24.0. The second kappa shape index (κ2) is 29.8. The van der Waals surface area contributed by atoms with Crippen molar-refractivity contribution in [1.29, 1.82) is 0 Å². The maximum absolute atomic E-state index is 14.8. The van der Waals surface area contributed by atoms with E-state index in [1.54, 1.807) is 19.1 Å². The largest absolute Gasteiger partial charge is 0.692 e. The molecule has 0 aromatic heterocycles. The second-order valence-corrected chi connectivity index (χ2v) is 23.3. The summed E-state index contributed by atoms with van der Waals surface area (Å²) in [6, 6.07) is -1.10. The average molecular weight is 1300 g/mol. The SMILES string of the molecule is C=CC1=C(C)C2=CC3=NC(=C4C5=NC(=C(C)C5=C(O)C4C(=O)O)C=C4CC(=CC1=N2)C(C)=C4CC)C(CCC(=O)OC1[C@H](O)[C@@](COC)(OO[O-])C(C)(C(=O)[O-])O[C@@]1(C)COC[C@H]1C(NC(C)=O)[C@H](COC)OC(C)(COC(C)=O)[C@@H]1OO[O-])C3C.O=S.O=S. The molecule has 0 saturated carbocycles. The van der Waals surface area contributed by atoms with Crippen LogP contribution in [-0.4, -0.2) is 171 Å². The number of carbonyl (C=O) groups is 5. The molecule has 492 valence electrons. The van der Waals surface area contributed by atoms with Gasteiger partial charge in [-0.25, -0.2) is 19.8 Å². The van der Waals surface area contributed by atoms with Crippen LogP contribution in [0.15, 0.2) is 119 Å². The smallest absolute Gasteiger partial charge is 0.318 e. The minimum atomic E-state index is -2.89. The lowest BCUT2D eigenvalue weighted by molar-refractivity contribution is -0.816. The first kappa shape index (κ1) is 72.4. The van der Waals surface area contributed by atoms with Crippen molar-refractivity contribution in [2.24, 2.45) is 38.6 Å². The third-order valence-corrected chi connectivity index (χ3v) is 17.8. The van der Waals surface area contributed by atoms with Crippen molar-refractivity contribution < 1.29 is 116 Å². The van der Waals surface area contributed by atoms with E-state index in [1.165, 1.54) is 27.9 Å². The Bertz CT molecular complexity index is 3240. The number of aliphatic imine (C=N–C) groups is 3. The number of hydrogen-bond donors (Lipinski definition) is 4. The van der Waals surface area contributed by atoms with Gasteiger partial charge in [0.1, 0.15) is 53.4 Å². The molecule has 8 rings (SSSR count). The van der Waals surface area contributed by atoms with Crippen molar-refractivity contribution in [3.63, 3.8) is 0 Å². The summed E-state index contributed by atoms with van der Waals surface area (Å²) in [5.74, 6) is -10.4. The van der Waals surface area contributed by atoms with E-state index in [-0.39, 0.29) is 35.6 Å². The first-order chi connectivity index (χ1) is 42.6. The zero-order valence-electron chi connectivity index (χ0n) is 51.6. The van der Waals surface area contributed by atoms with E-state index in [1.807, 2.05) is 19.9 Å². The molecule has 0 aromatic rings. The highest BCUT2D eigenvalue weighted by molar-refractivity contribution is 7.44. The Morgan fingerprint density at radius 2 is 1.58 bits per heavy atom. The van der Waals surface area contributed by atoms with Gasteiger partial charge in [-0.2, -0.15) is 8.42 Å². The summed E-state index contributed by atoms with van der Waals surface area (Å²) in [6.45, 7) is 16.7. The highest BCUT2D eigenvalue weighted by atomic mass is 32.1. The molecule has 30 heteroatoms. The van der Waals surface area contributed by atoms with Crippen LogP contribution < -0.4 is 20.9 Å². The van der Waals surface area contributed by atoms with Crippen molar-refractivity contribution >= 4 is 72.0 Å². The number of amides is 1. The fraction of sp³-hybridized carbons (Fsp3) is 0.567. The highest BCUT2D eigenvalue weighted by Crippen LogP contribution is 2.51. The molecule has 2 fully saturated rings. The van der Waals surface area contributed by atoms with E-state index >= 15 is 0 Å². The fourth-order valence-electron chi connectivity index (χ4n) is 13.4. The molecule has 0 aromatic carbocycles. The molecule has 8 bridgehead atoms. The molecule has 6 heterocycles. The first-order valence-corrected chi connectivity index (χ1v) is 29.1. The van der Waals surface area contributed by atoms with Gasteiger partial charge in [0.15, 0.2) is 36.8 Å². The summed E-state index contributed by atoms with van der Waals surface area (Å²) < 4.78 is 56.7. The van der Waals surface area contributed by atoms with Crippen LogP contribution in [0.4, 0.5) is 0 Å². The van der Waals surface area contributed by atoms with Crippen LogP contribution >= 0.6 is 0 Å². The van der Waals surface area contributed by atoms with E-state index < -0.39 is 145 Å². The summed E-state index contributed by atoms with van der Waals surface area (Å²) >= 11 is 5.67. The van der Waals surface area contributed by atoms with Gasteiger partial charge in [-0.05, 0) is 112 Å². The fourth-order valence-corrected chi connectivity index (χ4v) is 13.4. The lowest BCUT2D eigenvalue weighted by atomic mass is 9.71. The maximum atomic E-state index is 14.8. The maximum Gasteiger partial charge on any atom is 0.318 e. The molecule has 0 radical (unpaired) electrons. The van der Waals surface area contributed by atoms with Gasteiger partial charge < -0.3 is 74.2 Å². The van der Waals surface area contributed by atoms with Gasteiger partial charge in [-0.3, -0.25) is 34.2 Å². The van der Waals surface area contributed by atoms with Crippen LogP contribution in [0.25, 0.3) is 0 Å². The van der Waals surface area contributed by atoms with Gasteiger partial charge in [0.05, 0.1) is 67.0 Å². The molecule has 4 N–H and O–H groups in total. The molecule has 7 unspecified atom stereocenters. The molecule has 13 atom stereocenters. The van der Waals surface area contributed by atoms with Crippen LogP contribution in [0, 0.1) is 23.7 Å². The Balaban J connectivity index is 0.00000316. The summed E-state index contributed by atoms with van der Waals surface area (Å²) in [4.78, 5) is 91.9. The molecule has 28 nitrogen and oxygen atoms in total. The monoisotopic (exact) mass is 1300 g/mol. The number of allylic oxidation sites excluding steroid dienone is 13. The molecule has 2 aliphatic carbocycles. The van der Waals surface area contributed by atoms with E-state index in [0.29, 0.717) is 41.2 Å². The summed E-state index contributed by atoms with van der Waals surface area (Å²) in [5.41, 5.74) is -0.236. The van der Waals surface area contributed by atoms with Gasteiger partial charge in [0.25, 0.3) is 0 Å². The summed E-state index contributed by atoms with van der Waals surface area (Å²) in [7, 11) is 2.44. The van der Waals surface area contributed by atoms with Crippen LogP contribution in [0.5, 0.6) is 0 Å². The number of aliphatic hydroxyl groups is 2. The first-order valence-electron chi connectivity index (χ1n) is 28.4. The van der Waals surface area contributed by atoms with Crippen LogP contribution in [-0.2, 0) is 102 Å². The Morgan fingerprint density at radius 1 is 0.889 bits per heavy atom. The lowest BCUT2D eigenvalue weighted by Crippen LogP contribution is -2.81. The zero-order chi connectivity index (χ0) is 67.1. The Morgan fingerprint density at radius 3 is 2.16 bits per heavy atom. The van der Waals surface area contributed by atoms with E-state index in [9.17, 15) is 54.9 Å².